The van der Waals surface area contributed by atoms with Crippen molar-refractivity contribution < 1.29 is 14.3 Å². The fourth-order valence-electron chi connectivity index (χ4n) is 6.39. The van der Waals surface area contributed by atoms with Gasteiger partial charge in [-0.15, -0.1) is 0 Å². The van der Waals surface area contributed by atoms with Crippen LogP contribution < -0.4 is 0 Å². The van der Waals surface area contributed by atoms with Gasteiger partial charge >= 0.3 is 0 Å². The molecule has 0 aromatic heterocycles. The van der Waals surface area contributed by atoms with Crippen LogP contribution in [-0.2, 0) is 14.3 Å². The summed E-state index contributed by atoms with van der Waals surface area (Å²) in [6, 6.07) is 0. The van der Waals surface area contributed by atoms with Crippen LogP contribution in [0.4, 0.5) is 0 Å². The monoisotopic (exact) mass is 286 g/mol. The van der Waals surface area contributed by atoms with E-state index >= 15 is 0 Å². The van der Waals surface area contributed by atoms with Gasteiger partial charge in [-0.3, -0.25) is 9.59 Å². The molecule has 1 spiro atoms. The third-order valence-corrected chi connectivity index (χ3v) is 7.55. The van der Waals surface area contributed by atoms with Crippen molar-refractivity contribution in [1.29, 1.82) is 0 Å². The lowest BCUT2D eigenvalue weighted by Crippen LogP contribution is -2.51. The average Bonchev–Trinajstić information content (AvgIpc) is 3.13. The van der Waals surface area contributed by atoms with Gasteiger partial charge in [-0.1, -0.05) is 13.0 Å². The molecule has 7 atom stereocenters. The zero-order chi connectivity index (χ0) is 14.4. The van der Waals surface area contributed by atoms with E-state index in [0.717, 1.165) is 38.5 Å². The van der Waals surface area contributed by atoms with E-state index in [1.165, 1.54) is 0 Å². The third kappa shape index (κ3) is 1.35. The van der Waals surface area contributed by atoms with Crippen molar-refractivity contribution in [2.45, 2.75) is 57.2 Å². The molecule has 0 amide bonds. The minimum atomic E-state index is -0.149. The summed E-state index contributed by atoms with van der Waals surface area (Å²) < 4.78 is 5.91. The predicted octanol–water partition coefficient (Wildman–Crippen LogP) is 2.68. The Hall–Kier alpha value is -0.960. The standard InChI is InChI=1S/C18H22O3/c1-17-8-6-11-10(12(17)3-5-15(17)20)7-9-18-13(11)2-4-14(19)16(18)21-18/h2,4,10-13,16H,3,5-9H2,1H3/t10-,11+,12+,13-,16?,17+,18?/m1/s1. The van der Waals surface area contributed by atoms with Gasteiger partial charge in [-0.05, 0) is 55.9 Å². The highest BCUT2D eigenvalue weighted by Gasteiger charge is 2.70. The Balaban J connectivity index is 1.51. The van der Waals surface area contributed by atoms with E-state index in [2.05, 4.69) is 13.0 Å². The second-order valence-electron chi connectivity index (χ2n) is 8.13. The van der Waals surface area contributed by atoms with Crippen LogP contribution in [0, 0.1) is 29.1 Å². The first-order valence-corrected chi connectivity index (χ1v) is 8.49. The molecule has 3 heteroatoms. The molecule has 21 heavy (non-hydrogen) atoms. The van der Waals surface area contributed by atoms with E-state index in [9.17, 15) is 9.59 Å². The number of Topliss-reactive ketones (excluding diaryl/α,β-unsaturated/α-hetero) is 1. The molecule has 0 radical (unpaired) electrons. The predicted molar refractivity (Wildman–Crippen MR) is 76.5 cm³/mol. The number of epoxide rings is 1. The first-order chi connectivity index (χ1) is 10.1. The molecule has 5 rings (SSSR count). The van der Waals surface area contributed by atoms with Crippen LogP contribution in [0.2, 0.25) is 0 Å². The maximum absolute atomic E-state index is 12.3. The fraction of sp³-hybridized carbons (Fsp3) is 0.778. The normalized spacial score (nSPS) is 57.3. The molecule has 0 N–H and O–H groups in total. The first-order valence-electron chi connectivity index (χ1n) is 8.49. The molecule has 112 valence electrons. The Morgan fingerprint density at radius 1 is 1.14 bits per heavy atom. The quantitative estimate of drug-likeness (QED) is 0.643. The lowest BCUT2D eigenvalue weighted by Gasteiger charge is -2.52. The van der Waals surface area contributed by atoms with Gasteiger partial charge in [0.15, 0.2) is 11.9 Å². The lowest BCUT2D eigenvalue weighted by molar-refractivity contribution is -0.131. The van der Waals surface area contributed by atoms with Gasteiger partial charge < -0.3 is 4.74 Å². The SMILES string of the molecule is C[C@]12CC[C@H]3[C@@H](CCC45OC4C(=O)C=C[C@H]35)[C@@H]1CCC2=O. The Morgan fingerprint density at radius 3 is 2.81 bits per heavy atom. The summed E-state index contributed by atoms with van der Waals surface area (Å²) in [6.07, 6.45) is 9.95. The molecule has 4 aliphatic carbocycles. The second kappa shape index (κ2) is 3.68. The van der Waals surface area contributed by atoms with Crippen LogP contribution in [0.15, 0.2) is 12.2 Å². The molecular formula is C18H22O3. The lowest BCUT2D eigenvalue weighted by atomic mass is 9.51. The Morgan fingerprint density at radius 2 is 1.95 bits per heavy atom. The van der Waals surface area contributed by atoms with Gasteiger partial charge in [0.1, 0.15) is 11.4 Å². The number of carbonyl (C=O) groups excluding carboxylic acids is 2. The number of ether oxygens (including phenoxy) is 1. The third-order valence-electron chi connectivity index (χ3n) is 7.55. The number of carbonyl (C=O) groups is 2. The smallest absolute Gasteiger partial charge is 0.187 e. The molecule has 5 aliphatic rings. The Labute approximate surface area is 125 Å². The average molecular weight is 286 g/mol. The van der Waals surface area contributed by atoms with Crippen molar-refractivity contribution in [1.82, 2.24) is 0 Å². The summed E-state index contributed by atoms with van der Waals surface area (Å²) >= 11 is 0. The molecule has 0 bridgehead atoms. The van der Waals surface area contributed by atoms with Crippen LogP contribution in [-0.4, -0.2) is 23.3 Å². The maximum Gasteiger partial charge on any atom is 0.187 e. The number of ketones is 2. The summed E-state index contributed by atoms with van der Waals surface area (Å²) in [5.41, 5.74) is -0.201. The van der Waals surface area contributed by atoms with Gasteiger partial charge in [-0.25, -0.2) is 0 Å². The van der Waals surface area contributed by atoms with Gasteiger partial charge in [0, 0.05) is 17.8 Å². The van der Waals surface area contributed by atoms with Crippen molar-refractivity contribution in [3.8, 4) is 0 Å². The molecule has 2 unspecified atom stereocenters. The molecule has 0 aromatic carbocycles. The van der Waals surface area contributed by atoms with Crippen molar-refractivity contribution in [3.63, 3.8) is 0 Å². The molecule has 3 nitrogen and oxygen atoms in total. The van der Waals surface area contributed by atoms with E-state index in [4.69, 9.17) is 4.74 Å². The van der Waals surface area contributed by atoms with E-state index in [1.54, 1.807) is 6.08 Å². The largest absolute Gasteiger partial charge is 0.357 e. The topological polar surface area (TPSA) is 46.7 Å². The molecule has 0 aromatic rings. The van der Waals surface area contributed by atoms with Crippen LogP contribution in [0.3, 0.4) is 0 Å². The number of rotatable bonds is 0. The van der Waals surface area contributed by atoms with E-state index in [-0.39, 0.29) is 22.9 Å². The summed E-state index contributed by atoms with van der Waals surface area (Å²) in [4.78, 5) is 24.2. The molecule has 4 fully saturated rings. The Bertz CT molecular complexity index is 579. The summed E-state index contributed by atoms with van der Waals surface area (Å²) in [5.74, 6) is 2.94. The van der Waals surface area contributed by atoms with Crippen molar-refractivity contribution in [3.05, 3.63) is 12.2 Å². The highest BCUT2D eigenvalue weighted by molar-refractivity contribution is 5.98. The summed E-state index contributed by atoms with van der Waals surface area (Å²) in [7, 11) is 0. The van der Waals surface area contributed by atoms with Gasteiger partial charge in [0.25, 0.3) is 0 Å². The highest BCUT2D eigenvalue weighted by atomic mass is 16.6. The summed E-state index contributed by atoms with van der Waals surface area (Å²) in [5, 5.41) is 0. The van der Waals surface area contributed by atoms with Crippen LogP contribution in [0.25, 0.3) is 0 Å². The summed E-state index contributed by atoms with van der Waals surface area (Å²) in [6.45, 7) is 2.21. The molecule has 1 saturated heterocycles. The van der Waals surface area contributed by atoms with Crippen LogP contribution in [0.1, 0.15) is 45.4 Å². The first kappa shape index (κ1) is 12.6. The molecular weight excluding hydrogens is 264 g/mol. The second-order valence-corrected chi connectivity index (χ2v) is 8.13. The number of fused-ring (bicyclic) bond motifs is 4. The molecule has 1 aliphatic heterocycles. The maximum atomic E-state index is 12.3. The van der Waals surface area contributed by atoms with Crippen molar-refractivity contribution >= 4 is 11.6 Å². The minimum Gasteiger partial charge on any atom is -0.357 e. The van der Waals surface area contributed by atoms with Crippen LogP contribution >= 0.6 is 0 Å². The van der Waals surface area contributed by atoms with Crippen LogP contribution in [0.5, 0.6) is 0 Å². The fourth-order valence-corrected chi connectivity index (χ4v) is 6.39. The van der Waals surface area contributed by atoms with E-state index in [0.29, 0.717) is 29.5 Å². The van der Waals surface area contributed by atoms with Crippen molar-refractivity contribution in [2.24, 2.45) is 29.1 Å². The van der Waals surface area contributed by atoms with Crippen molar-refractivity contribution in [2.75, 3.05) is 0 Å². The number of hydrogen-bond donors (Lipinski definition) is 0. The Kier molecular flexibility index (Phi) is 2.20. The number of hydrogen-bond acceptors (Lipinski definition) is 3. The van der Waals surface area contributed by atoms with Gasteiger partial charge in [0.05, 0.1) is 0 Å². The van der Waals surface area contributed by atoms with Gasteiger partial charge in [0.2, 0.25) is 0 Å². The zero-order valence-corrected chi connectivity index (χ0v) is 12.5. The molecule has 3 saturated carbocycles. The van der Waals surface area contributed by atoms with Gasteiger partial charge in [-0.2, -0.15) is 0 Å². The highest BCUT2D eigenvalue weighted by Crippen LogP contribution is 2.65. The van der Waals surface area contributed by atoms with E-state index in [1.807, 2.05) is 0 Å². The molecule has 1 heterocycles. The zero-order valence-electron chi connectivity index (χ0n) is 12.5. The minimum absolute atomic E-state index is 0.0519. The van der Waals surface area contributed by atoms with E-state index < -0.39 is 0 Å².